The monoisotopic (exact) mass is 311 g/mol. The first-order valence-electron chi connectivity index (χ1n) is 7.30. The summed E-state index contributed by atoms with van der Waals surface area (Å²) in [6.07, 6.45) is 0.997. The molecule has 5 nitrogen and oxygen atoms in total. The van der Waals surface area contributed by atoms with E-state index in [2.05, 4.69) is 11.8 Å². The minimum atomic E-state index is -3.36. The van der Waals surface area contributed by atoms with Crippen molar-refractivity contribution in [2.45, 2.75) is 30.8 Å². The summed E-state index contributed by atoms with van der Waals surface area (Å²) in [4.78, 5) is 2.70. The second kappa shape index (κ2) is 6.44. The van der Waals surface area contributed by atoms with Crippen LogP contribution in [0.5, 0.6) is 0 Å². The Labute approximate surface area is 127 Å². The van der Waals surface area contributed by atoms with Crippen LogP contribution in [0.3, 0.4) is 0 Å². The van der Waals surface area contributed by atoms with Crippen LogP contribution in [0, 0.1) is 5.92 Å². The molecule has 21 heavy (non-hydrogen) atoms. The van der Waals surface area contributed by atoms with Crippen LogP contribution >= 0.6 is 0 Å². The van der Waals surface area contributed by atoms with Crippen molar-refractivity contribution in [1.29, 1.82) is 0 Å². The fourth-order valence-corrected chi connectivity index (χ4v) is 3.64. The molecule has 2 unspecified atom stereocenters. The molecule has 6 heteroatoms. The summed E-state index contributed by atoms with van der Waals surface area (Å²) in [5.41, 5.74) is 7.07. The van der Waals surface area contributed by atoms with Gasteiger partial charge in [-0.1, -0.05) is 19.1 Å². The van der Waals surface area contributed by atoms with Gasteiger partial charge in [0.1, 0.15) is 0 Å². The van der Waals surface area contributed by atoms with Crippen molar-refractivity contribution in [3.63, 3.8) is 0 Å². The molecule has 0 radical (unpaired) electrons. The van der Waals surface area contributed by atoms with Gasteiger partial charge in [0.25, 0.3) is 0 Å². The highest BCUT2D eigenvalue weighted by Crippen LogP contribution is 2.20. The first kappa shape index (κ1) is 16.4. The lowest BCUT2D eigenvalue weighted by molar-refractivity contribution is 0.157. The standard InChI is InChI=1S/C15H25N3O2S/c1-12-10-18(8-7-15(12)16)11-13-5-4-6-14(9-13)21(19,20)17(2)3/h4-6,9,12,15H,7-8,10-11,16H2,1-3H3. The Balaban J connectivity index is 2.12. The van der Waals surface area contributed by atoms with E-state index in [-0.39, 0.29) is 6.04 Å². The molecule has 118 valence electrons. The van der Waals surface area contributed by atoms with Gasteiger partial charge in [-0.05, 0) is 36.6 Å². The topological polar surface area (TPSA) is 66.6 Å². The Morgan fingerprint density at radius 1 is 1.38 bits per heavy atom. The second-order valence-electron chi connectivity index (χ2n) is 6.10. The van der Waals surface area contributed by atoms with Crippen molar-refractivity contribution in [2.75, 3.05) is 27.2 Å². The smallest absolute Gasteiger partial charge is 0.242 e. The summed E-state index contributed by atoms with van der Waals surface area (Å²) < 4.78 is 25.6. The summed E-state index contributed by atoms with van der Waals surface area (Å²) in [6, 6.07) is 7.49. The summed E-state index contributed by atoms with van der Waals surface area (Å²) in [6.45, 7) is 4.87. The van der Waals surface area contributed by atoms with E-state index in [1.165, 1.54) is 4.31 Å². The number of sulfonamides is 1. The van der Waals surface area contributed by atoms with Crippen molar-refractivity contribution in [3.8, 4) is 0 Å². The number of rotatable bonds is 4. The molecule has 2 N–H and O–H groups in total. The van der Waals surface area contributed by atoms with Crippen molar-refractivity contribution in [2.24, 2.45) is 11.7 Å². The van der Waals surface area contributed by atoms with Crippen LogP contribution in [0.25, 0.3) is 0 Å². The van der Waals surface area contributed by atoms with Crippen LogP contribution in [0.2, 0.25) is 0 Å². The molecule has 1 aliphatic rings. The minimum Gasteiger partial charge on any atom is -0.327 e. The van der Waals surface area contributed by atoms with Gasteiger partial charge >= 0.3 is 0 Å². The molecular formula is C15H25N3O2S. The summed E-state index contributed by atoms with van der Waals surface area (Å²) >= 11 is 0. The van der Waals surface area contributed by atoms with Crippen molar-refractivity contribution in [3.05, 3.63) is 29.8 Å². The Morgan fingerprint density at radius 2 is 2.10 bits per heavy atom. The van der Waals surface area contributed by atoms with Gasteiger partial charge in [0.05, 0.1) is 4.90 Å². The zero-order chi connectivity index (χ0) is 15.6. The first-order valence-corrected chi connectivity index (χ1v) is 8.74. The Kier molecular flexibility index (Phi) is 5.03. The average Bonchev–Trinajstić information content (AvgIpc) is 2.43. The molecule has 0 aliphatic carbocycles. The van der Waals surface area contributed by atoms with Gasteiger partial charge in [-0.2, -0.15) is 0 Å². The molecular weight excluding hydrogens is 286 g/mol. The lowest BCUT2D eigenvalue weighted by atomic mass is 9.94. The van der Waals surface area contributed by atoms with Gasteiger partial charge in [0, 0.05) is 33.2 Å². The third-order valence-electron chi connectivity index (χ3n) is 4.14. The number of hydrogen-bond donors (Lipinski definition) is 1. The van der Waals surface area contributed by atoms with E-state index in [1.54, 1.807) is 26.2 Å². The lowest BCUT2D eigenvalue weighted by Gasteiger charge is -2.35. The zero-order valence-corrected chi connectivity index (χ0v) is 13.8. The molecule has 2 atom stereocenters. The number of likely N-dealkylation sites (tertiary alicyclic amines) is 1. The highest BCUT2D eigenvalue weighted by Gasteiger charge is 2.23. The molecule has 0 saturated carbocycles. The van der Waals surface area contributed by atoms with Gasteiger partial charge in [-0.3, -0.25) is 4.90 Å². The fraction of sp³-hybridized carbons (Fsp3) is 0.600. The van der Waals surface area contributed by atoms with Crippen LogP contribution in [-0.4, -0.2) is 50.8 Å². The molecule has 1 aromatic carbocycles. The maximum atomic E-state index is 12.2. The van der Waals surface area contributed by atoms with Crippen LogP contribution in [-0.2, 0) is 16.6 Å². The molecule has 0 spiro atoms. The van der Waals surface area contributed by atoms with E-state index in [0.29, 0.717) is 10.8 Å². The van der Waals surface area contributed by atoms with Crippen LogP contribution < -0.4 is 5.73 Å². The molecule has 0 aromatic heterocycles. The maximum Gasteiger partial charge on any atom is 0.242 e. The van der Waals surface area contributed by atoms with E-state index >= 15 is 0 Å². The molecule has 0 bridgehead atoms. The van der Waals surface area contributed by atoms with Gasteiger partial charge in [-0.25, -0.2) is 12.7 Å². The van der Waals surface area contributed by atoms with Gasteiger partial charge < -0.3 is 5.73 Å². The normalized spacial score (nSPS) is 24.4. The maximum absolute atomic E-state index is 12.2. The quantitative estimate of drug-likeness (QED) is 0.904. The predicted octanol–water partition coefficient (Wildman–Crippen LogP) is 1.11. The highest BCUT2D eigenvalue weighted by molar-refractivity contribution is 7.89. The zero-order valence-electron chi connectivity index (χ0n) is 13.0. The van der Waals surface area contributed by atoms with Crippen LogP contribution in [0.1, 0.15) is 18.9 Å². The Morgan fingerprint density at radius 3 is 2.71 bits per heavy atom. The van der Waals surface area contributed by atoms with E-state index in [9.17, 15) is 8.42 Å². The lowest BCUT2D eigenvalue weighted by Crippen LogP contribution is -2.45. The van der Waals surface area contributed by atoms with Crippen molar-refractivity contribution >= 4 is 10.0 Å². The van der Waals surface area contributed by atoms with Gasteiger partial charge in [0.15, 0.2) is 0 Å². The average molecular weight is 311 g/mol. The number of hydrogen-bond acceptors (Lipinski definition) is 4. The number of nitrogens with two attached hydrogens (primary N) is 1. The van der Waals surface area contributed by atoms with E-state index in [4.69, 9.17) is 5.73 Å². The Bertz CT molecular complexity index is 586. The molecule has 1 heterocycles. The fourth-order valence-electron chi connectivity index (χ4n) is 2.67. The minimum absolute atomic E-state index is 0.279. The third-order valence-corrected chi connectivity index (χ3v) is 5.95. The SMILES string of the molecule is CC1CN(Cc2cccc(S(=O)(=O)N(C)C)c2)CCC1N. The molecule has 1 aliphatic heterocycles. The largest absolute Gasteiger partial charge is 0.327 e. The van der Waals surface area contributed by atoms with Crippen LogP contribution in [0.15, 0.2) is 29.2 Å². The predicted molar refractivity (Wildman–Crippen MR) is 84.3 cm³/mol. The Hall–Kier alpha value is -0.950. The van der Waals surface area contributed by atoms with Crippen molar-refractivity contribution < 1.29 is 8.42 Å². The second-order valence-corrected chi connectivity index (χ2v) is 8.25. The summed E-state index contributed by atoms with van der Waals surface area (Å²) in [5.74, 6) is 0.479. The number of nitrogens with zero attached hydrogens (tertiary/aromatic N) is 2. The first-order chi connectivity index (χ1) is 9.80. The number of benzene rings is 1. The third kappa shape index (κ3) is 3.83. The molecule has 1 saturated heterocycles. The number of piperidine rings is 1. The van der Waals surface area contributed by atoms with Crippen LogP contribution in [0.4, 0.5) is 0 Å². The molecule has 2 rings (SSSR count). The van der Waals surface area contributed by atoms with Gasteiger partial charge in [0.2, 0.25) is 10.0 Å². The molecule has 0 amide bonds. The van der Waals surface area contributed by atoms with E-state index in [0.717, 1.165) is 31.6 Å². The summed E-state index contributed by atoms with van der Waals surface area (Å²) in [7, 11) is -0.262. The highest BCUT2D eigenvalue weighted by atomic mass is 32.2. The van der Waals surface area contributed by atoms with E-state index < -0.39 is 10.0 Å². The van der Waals surface area contributed by atoms with Crippen molar-refractivity contribution in [1.82, 2.24) is 9.21 Å². The molecule has 1 fully saturated rings. The molecule has 1 aromatic rings. The van der Waals surface area contributed by atoms with E-state index in [1.807, 2.05) is 12.1 Å². The summed E-state index contributed by atoms with van der Waals surface area (Å²) in [5, 5.41) is 0. The van der Waals surface area contributed by atoms with Gasteiger partial charge in [-0.15, -0.1) is 0 Å².